The zero-order valence-electron chi connectivity index (χ0n) is 12.1. The molecule has 0 aliphatic heterocycles. The van der Waals surface area contributed by atoms with E-state index in [-0.39, 0.29) is 0 Å². The molecule has 2 heterocycles. The number of methoxy groups -OCH3 is 2. The summed E-state index contributed by atoms with van der Waals surface area (Å²) < 4.78 is 10.6. The van der Waals surface area contributed by atoms with Gasteiger partial charge >= 0.3 is 0 Å². The lowest BCUT2D eigenvalue weighted by Gasteiger charge is -2.12. The van der Waals surface area contributed by atoms with Crippen molar-refractivity contribution < 1.29 is 9.47 Å². The Bertz CT molecular complexity index is 806. The van der Waals surface area contributed by atoms with Crippen molar-refractivity contribution in [2.45, 2.75) is 0 Å². The summed E-state index contributed by atoms with van der Waals surface area (Å²) in [7, 11) is 3.25. The van der Waals surface area contributed by atoms with Gasteiger partial charge in [-0.15, -0.1) is 0 Å². The molecule has 0 aliphatic carbocycles. The molecule has 0 amide bonds. The van der Waals surface area contributed by atoms with Crippen LogP contribution in [0.15, 0.2) is 42.7 Å². The van der Waals surface area contributed by atoms with Crippen molar-refractivity contribution in [2.75, 3.05) is 19.5 Å². The number of hydrogen-bond acceptors (Lipinski definition) is 5. The summed E-state index contributed by atoms with van der Waals surface area (Å²) in [5, 5.41) is 5.53. The molecule has 0 atom stereocenters. The van der Waals surface area contributed by atoms with Gasteiger partial charge in [0.1, 0.15) is 22.5 Å². The third-order valence-electron chi connectivity index (χ3n) is 3.27. The number of ether oxygens (including phenoxy) is 2. The SMILES string of the molecule is COc1ccc2c(Nc3ccc(Cl)nc3)ncc(OC)c2c1. The molecular formula is C16H14ClN3O2. The first-order valence-corrected chi connectivity index (χ1v) is 6.98. The average Bonchev–Trinajstić information content (AvgIpc) is 2.56. The first-order valence-electron chi connectivity index (χ1n) is 6.60. The van der Waals surface area contributed by atoms with E-state index in [1.807, 2.05) is 24.3 Å². The van der Waals surface area contributed by atoms with Crippen LogP contribution in [0.25, 0.3) is 10.8 Å². The van der Waals surface area contributed by atoms with Crippen LogP contribution in [0.2, 0.25) is 5.15 Å². The topological polar surface area (TPSA) is 56.3 Å². The predicted octanol–water partition coefficient (Wildman–Crippen LogP) is 4.04. The van der Waals surface area contributed by atoms with Gasteiger partial charge in [0.15, 0.2) is 0 Å². The number of halogens is 1. The molecule has 112 valence electrons. The van der Waals surface area contributed by atoms with Crippen LogP contribution in [0.5, 0.6) is 11.5 Å². The average molecular weight is 316 g/mol. The second-order valence-corrected chi connectivity index (χ2v) is 4.97. The molecule has 1 N–H and O–H groups in total. The van der Waals surface area contributed by atoms with Crippen molar-refractivity contribution in [2.24, 2.45) is 0 Å². The van der Waals surface area contributed by atoms with Crippen LogP contribution in [-0.2, 0) is 0 Å². The zero-order chi connectivity index (χ0) is 15.5. The van der Waals surface area contributed by atoms with Gasteiger partial charge in [0.25, 0.3) is 0 Å². The highest BCUT2D eigenvalue weighted by Gasteiger charge is 2.10. The third-order valence-corrected chi connectivity index (χ3v) is 3.49. The van der Waals surface area contributed by atoms with E-state index in [9.17, 15) is 0 Å². The predicted molar refractivity (Wildman–Crippen MR) is 87.4 cm³/mol. The molecule has 0 spiro atoms. The molecule has 22 heavy (non-hydrogen) atoms. The van der Waals surface area contributed by atoms with Gasteiger partial charge in [0.2, 0.25) is 0 Å². The lowest BCUT2D eigenvalue weighted by atomic mass is 10.1. The van der Waals surface area contributed by atoms with Crippen LogP contribution in [0, 0.1) is 0 Å². The van der Waals surface area contributed by atoms with Crippen LogP contribution < -0.4 is 14.8 Å². The Morgan fingerprint density at radius 1 is 0.955 bits per heavy atom. The fourth-order valence-corrected chi connectivity index (χ4v) is 2.28. The van der Waals surface area contributed by atoms with E-state index in [0.29, 0.717) is 16.7 Å². The van der Waals surface area contributed by atoms with Crippen LogP contribution in [0.1, 0.15) is 0 Å². The van der Waals surface area contributed by atoms with Gasteiger partial charge in [-0.3, -0.25) is 0 Å². The van der Waals surface area contributed by atoms with Crippen molar-refractivity contribution in [3.8, 4) is 11.5 Å². The molecule has 3 aromatic rings. The van der Waals surface area contributed by atoms with Crippen LogP contribution in [-0.4, -0.2) is 24.2 Å². The lowest BCUT2D eigenvalue weighted by Crippen LogP contribution is -1.97. The standard InChI is InChI=1S/C16H14ClN3O2/c1-21-11-4-5-12-13(7-11)14(22-2)9-19-16(12)20-10-3-6-15(17)18-8-10/h3-9H,1-2H3,(H,19,20). The van der Waals surface area contributed by atoms with Crippen molar-refractivity contribution in [3.63, 3.8) is 0 Å². The molecule has 5 nitrogen and oxygen atoms in total. The highest BCUT2D eigenvalue weighted by Crippen LogP contribution is 2.33. The molecule has 1 aromatic carbocycles. The van der Waals surface area contributed by atoms with E-state index in [2.05, 4.69) is 15.3 Å². The first-order chi connectivity index (χ1) is 10.7. The Balaban J connectivity index is 2.08. The van der Waals surface area contributed by atoms with E-state index in [0.717, 1.165) is 22.2 Å². The minimum absolute atomic E-state index is 0.447. The highest BCUT2D eigenvalue weighted by atomic mass is 35.5. The number of nitrogens with one attached hydrogen (secondary N) is 1. The molecule has 0 bridgehead atoms. The molecule has 0 saturated heterocycles. The monoisotopic (exact) mass is 315 g/mol. The number of pyridine rings is 2. The number of aromatic nitrogens is 2. The molecule has 0 fully saturated rings. The number of nitrogens with zero attached hydrogens (tertiary/aromatic N) is 2. The molecule has 0 aliphatic rings. The molecule has 0 unspecified atom stereocenters. The van der Waals surface area contributed by atoms with E-state index < -0.39 is 0 Å². The maximum Gasteiger partial charge on any atom is 0.145 e. The quantitative estimate of drug-likeness (QED) is 0.736. The molecule has 3 rings (SSSR count). The van der Waals surface area contributed by atoms with E-state index in [1.165, 1.54) is 0 Å². The molecule has 6 heteroatoms. The van der Waals surface area contributed by atoms with E-state index >= 15 is 0 Å². The molecule has 0 radical (unpaired) electrons. The largest absolute Gasteiger partial charge is 0.497 e. The van der Waals surface area contributed by atoms with Crippen molar-refractivity contribution in [1.29, 1.82) is 0 Å². The fourth-order valence-electron chi connectivity index (χ4n) is 2.17. The second kappa shape index (κ2) is 6.07. The number of anilines is 2. The molecule has 2 aromatic heterocycles. The maximum absolute atomic E-state index is 5.80. The van der Waals surface area contributed by atoms with E-state index in [1.54, 1.807) is 32.7 Å². The smallest absolute Gasteiger partial charge is 0.145 e. The van der Waals surface area contributed by atoms with Crippen molar-refractivity contribution in [1.82, 2.24) is 9.97 Å². The van der Waals surface area contributed by atoms with Crippen molar-refractivity contribution in [3.05, 3.63) is 47.9 Å². The number of fused-ring (bicyclic) bond motifs is 1. The third kappa shape index (κ3) is 2.76. The minimum Gasteiger partial charge on any atom is -0.497 e. The second-order valence-electron chi connectivity index (χ2n) is 4.58. The normalized spacial score (nSPS) is 10.5. The van der Waals surface area contributed by atoms with Gasteiger partial charge in [-0.2, -0.15) is 0 Å². The fraction of sp³-hybridized carbons (Fsp3) is 0.125. The number of benzene rings is 1. The Labute approximate surface area is 132 Å². The molecular weight excluding hydrogens is 302 g/mol. The van der Waals surface area contributed by atoms with Gasteiger partial charge in [0, 0.05) is 10.8 Å². The first kappa shape index (κ1) is 14.4. The Kier molecular flexibility index (Phi) is 3.98. The number of rotatable bonds is 4. The minimum atomic E-state index is 0.447. The number of hydrogen-bond donors (Lipinski definition) is 1. The van der Waals surface area contributed by atoms with Gasteiger partial charge in [-0.05, 0) is 30.3 Å². The summed E-state index contributed by atoms with van der Waals surface area (Å²) in [5.74, 6) is 2.16. The van der Waals surface area contributed by atoms with Gasteiger partial charge in [0.05, 0.1) is 32.3 Å². The lowest BCUT2D eigenvalue weighted by molar-refractivity contribution is 0.411. The Hall–Kier alpha value is -2.53. The Morgan fingerprint density at radius 3 is 2.50 bits per heavy atom. The van der Waals surface area contributed by atoms with Crippen LogP contribution in [0.3, 0.4) is 0 Å². The summed E-state index contributed by atoms with van der Waals surface area (Å²) in [5.41, 5.74) is 0.805. The van der Waals surface area contributed by atoms with E-state index in [4.69, 9.17) is 21.1 Å². The summed E-state index contributed by atoms with van der Waals surface area (Å²) in [6, 6.07) is 9.31. The van der Waals surface area contributed by atoms with Crippen molar-refractivity contribution >= 4 is 33.9 Å². The maximum atomic E-state index is 5.80. The summed E-state index contributed by atoms with van der Waals surface area (Å²) in [6.45, 7) is 0. The highest BCUT2D eigenvalue weighted by molar-refractivity contribution is 6.29. The van der Waals surface area contributed by atoms with Gasteiger partial charge in [-0.25, -0.2) is 9.97 Å². The van der Waals surface area contributed by atoms with Crippen LogP contribution >= 0.6 is 11.6 Å². The Morgan fingerprint density at radius 2 is 1.82 bits per heavy atom. The summed E-state index contributed by atoms with van der Waals surface area (Å²) in [4.78, 5) is 8.46. The summed E-state index contributed by atoms with van der Waals surface area (Å²) >= 11 is 5.80. The van der Waals surface area contributed by atoms with Gasteiger partial charge in [-0.1, -0.05) is 11.6 Å². The molecule has 0 saturated carbocycles. The van der Waals surface area contributed by atoms with Gasteiger partial charge < -0.3 is 14.8 Å². The van der Waals surface area contributed by atoms with Crippen LogP contribution in [0.4, 0.5) is 11.5 Å². The zero-order valence-corrected chi connectivity index (χ0v) is 12.9. The summed E-state index contributed by atoms with van der Waals surface area (Å²) in [6.07, 6.45) is 3.33.